The maximum Gasteiger partial charge on any atom is 0.257 e. The number of benzene rings is 1. The molecule has 1 aromatic rings. The summed E-state index contributed by atoms with van der Waals surface area (Å²) in [6.07, 6.45) is 3.29. The molecule has 0 atom stereocenters. The van der Waals surface area contributed by atoms with Crippen molar-refractivity contribution in [1.29, 1.82) is 0 Å². The van der Waals surface area contributed by atoms with Gasteiger partial charge in [0.05, 0.1) is 12.7 Å². The van der Waals surface area contributed by atoms with Crippen molar-refractivity contribution in [2.75, 3.05) is 26.4 Å². The van der Waals surface area contributed by atoms with Crippen LogP contribution in [0, 0.1) is 0 Å². The third-order valence-electron chi connectivity index (χ3n) is 2.90. The molecule has 0 radical (unpaired) electrons. The van der Waals surface area contributed by atoms with Gasteiger partial charge in [0.2, 0.25) is 0 Å². The van der Waals surface area contributed by atoms with E-state index in [9.17, 15) is 4.79 Å². The fourth-order valence-corrected chi connectivity index (χ4v) is 1.80. The minimum atomic E-state index is -0.0461. The molecule has 4 heteroatoms. The zero-order valence-corrected chi connectivity index (χ0v) is 11.4. The van der Waals surface area contributed by atoms with E-state index in [-0.39, 0.29) is 5.91 Å². The minimum Gasteiger partial charge on any atom is -0.496 e. The molecule has 0 aliphatic carbocycles. The lowest BCUT2D eigenvalue weighted by atomic mass is 10.1. The minimum absolute atomic E-state index is 0.0461. The maximum absolute atomic E-state index is 12.3. The Kier molecular flexibility index (Phi) is 5.49. The standard InChI is InChI=1S/C14H22N2O2/c1-4-5-6-9-16(2)14(17)12-10-11(15)7-8-13(12)18-3/h7-8,10H,4-6,9,15H2,1-3H3. The molecule has 0 unspecified atom stereocenters. The molecule has 4 nitrogen and oxygen atoms in total. The summed E-state index contributed by atoms with van der Waals surface area (Å²) in [6.45, 7) is 2.90. The van der Waals surface area contributed by atoms with Crippen molar-refractivity contribution in [3.8, 4) is 5.75 Å². The molecule has 0 aliphatic rings. The number of carbonyl (C=O) groups excluding carboxylic acids is 1. The van der Waals surface area contributed by atoms with Gasteiger partial charge in [0.1, 0.15) is 5.75 Å². The highest BCUT2D eigenvalue weighted by molar-refractivity contribution is 5.97. The Bertz CT molecular complexity index is 405. The summed E-state index contributed by atoms with van der Waals surface area (Å²) in [6, 6.07) is 5.12. The molecule has 0 spiro atoms. The van der Waals surface area contributed by atoms with Crippen LogP contribution in [-0.2, 0) is 0 Å². The van der Waals surface area contributed by atoms with Crippen LogP contribution in [0.15, 0.2) is 18.2 Å². The largest absolute Gasteiger partial charge is 0.496 e. The molecule has 0 bridgehead atoms. The molecule has 1 amide bonds. The normalized spacial score (nSPS) is 10.2. The van der Waals surface area contributed by atoms with Gasteiger partial charge in [-0.15, -0.1) is 0 Å². The van der Waals surface area contributed by atoms with Crippen molar-refractivity contribution in [3.05, 3.63) is 23.8 Å². The van der Waals surface area contributed by atoms with E-state index in [1.807, 2.05) is 0 Å². The first-order valence-electron chi connectivity index (χ1n) is 6.29. The lowest BCUT2D eigenvalue weighted by Crippen LogP contribution is -2.28. The van der Waals surface area contributed by atoms with Gasteiger partial charge in [-0.25, -0.2) is 0 Å². The van der Waals surface area contributed by atoms with Crippen LogP contribution >= 0.6 is 0 Å². The smallest absolute Gasteiger partial charge is 0.257 e. The van der Waals surface area contributed by atoms with Gasteiger partial charge in [-0.1, -0.05) is 19.8 Å². The average molecular weight is 250 g/mol. The number of nitrogens with two attached hydrogens (primary N) is 1. The number of nitrogens with zero attached hydrogens (tertiary/aromatic N) is 1. The van der Waals surface area contributed by atoms with Crippen LogP contribution in [0.25, 0.3) is 0 Å². The van der Waals surface area contributed by atoms with E-state index in [2.05, 4.69) is 6.92 Å². The number of rotatable bonds is 6. The number of nitrogen functional groups attached to an aromatic ring is 1. The average Bonchev–Trinajstić information content (AvgIpc) is 2.38. The third-order valence-corrected chi connectivity index (χ3v) is 2.90. The van der Waals surface area contributed by atoms with E-state index < -0.39 is 0 Å². The number of amides is 1. The summed E-state index contributed by atoms with van der Waals surface area (Å²) < 4.78 is 5.19. The van der Waals surface area contributed by atoms with Crippen molar-refractivity contribution in [2.45, 2.75) is 26.2 Å². The molecule has 1 rings (SSSR count). The number of hydrogen-bond acceptors (Lipinski definition) is 3. The molecule has 18 heavy (non-hydrogen) atoms. The Balaban J connectivity index is 2.79. The number of ether oxygens (including phenoxy) is 1. The molecule has 100 valence electrons. The van der Waals surface area contributed by atoms with Gasteiger partial charge in [-0.3, -0.25) is 4.79 Å². The van der Waals surface area contributed by atoms with Crippen molar-refractivity contribution in [1.82, 2.24) is 4.90 Å². The first kappa shape index (κ1) is 14.4. The van der Waals surface area contributed by atoms with E-state index in [0.717, 1.165) is 25.8 Å². The predicted octanol–water partition coefficient (Wildman–Crippen LogP) is 2.54. The van der Waals surface area contributed by atoms with Gasteiger partial charge in [0, 0.05) is 19.3 Å². The Labute approximate surface area is 109 Å². The molecule has 2 N–H and O–H groups in total. The van der Waals surface area contributed by atoms with Crippen LogP contribution in [0.1, 0.15) is 36.5 Å². The summed E-state index contributed by atoms with van der Waals surface area (Å²) in [5.74, 6) is 0.520. The van der Waals surface area contributed by atoms with Gasteiger partial charge in [0.25, 0.3) is 5.91 Å². The van der Waals surface area contributed by atoms with E-state index in [1.54, 1.807) is 37.3 Å². The first-order valence-corrected chi connectivity index (χ1v) is 6.29. The van der Waals surface area contributed by atoms with Crippen molar-refractivity contribution >= 4 is 11.6 Å². The number of carbonyl (C=O) groups is 1. The Morgan fingerprint density at radius 3 is 2.72 bits per heavy atom. The van der Waals surface area contributed by atoms with Gasteiger partial charge >= 0.3 is 0 Å². The van der Waals surface area contributed by atoms with E-state index >= 15 is 0 Å². The highest BCUT2D eigenvalue weighted by Crippen LogP contribution is 2.22. The number of methoxy groups -OCH3 is 1. The van der Waals surface area contributed by atoms with Crippen LogP contribution < -0.4 is 10.5 Å². The van der Waals surface area contributed by atoms with Crippen LogP contribution in [-0.4, -0.2) is 31.5 Å². The summed E-state index contributed by atoms with van der Waals surface area (Å²) in [5, 5.41) is 0. The van der Waals surface area contributed by atoms with E-state index in [0.29, 0.717) is 17.0 Å². The van der Waals surface area contributed by atoms with Crippen molar-refractivity contribution in [3.63, 3.8) is 0 Å². The molecular weight excluding hydrogens is 228 g/mol. The molecule has 1 aromatic carbocycles. The predicted molar refractivity (Wildman–Crippen MR) is 73.9 cm³/mol. The van der Waals surface area contributed by atoms with Crippen LogP contribution in [0.3, 0.4) is 0 Å². The maximum atomic E-state index is 12.3. The molecule has 0 saturated carbocycles. The van der Waals surface area contributed by atoms with Gasteiger partial charge in [0.15, 0.2) is 0 Å². The van der Waals surface area contributed by atoms with Crippen molar-refractivity contribution in [2.24, 2.45) is 0 Å². The molecule has 0 saturated heterocycles. The van der Waals surface area contributed by atoms with Crippen molar-refractivity contribution < 1.29 is 9.53 Å². The first-order chi connectivity index (χ1) is 8.60. The summed E-state index contributed by atoms with van der Waals surface area (Å²) in [7, 11) is 3.36. The topological polar surface area (TPSA) is 55.6 Å². The Hall–Kier alpha value is -1.71. The third kappa shape index (κ3) is 3.65. The summed E-state index contributed by atoms with van der Waals surface area (Å²) in [4.78, 5) is 14.0. The van der Waals surface area contributed by atoms with E-state index in [1.165, 1.54) is 0 Å². The Morgan fingerprint density at radius 1 is 1.39 bits per heavy atom. The Morgan fingerprint density at radius 2 is 2.11 bits per heavy atom. The quantitative estimate of drug-likeness (QED) is 0.623. The summed E-state index contributed by atoms with van der Waals surface area (Å²) >= 11 is 0. The van der Waals surface area contributed by atoms with Gasteiger partial charge < -0.3 is 15.4 Å². The molecule has 0 aromatic heterocycles. The SMILES string of the molecule is CCCCCN(C)C(=O)c1cc(N)ccc1OC. The zero-order valence-electron chi connectivity index (χ0n) is 11.4. The summed E-state index contributed by atoms with van der Waals surface area (Å²) in [5.41, 5.74) is 6.81. The second kappa shape index (κ2) is 6.89. The number of unbranched alkanes of at least 4 members (excludes halogenated alkanes) is 2. The fraction of sp³-hybridized carbons (Fsp3) is 0.500. The monoisotopic (exact) mass is 250 g/mol. The highest BCUT2D eigenvalue weighted by atomic mass is 16.5. The van der Waals surface area contributed by atoms with E-state index in [4.69, 9.17) is 10.5 Å². The van der Waals surface area contributed by atoms with Crippen LogP contribution in [0.4, 0.5) is 5.69 Å². The molecular formula is C14H22N2O2. The molecule has 0 fully saturated rings. The van der Waals surface area contributed by atoms with Gasteiger partial charge in [-0.2, -0.15) is 0 Å². The lowest BCUT2D eigenvalue weighted by molar-refractivity contribution is 0.0789. The molecule has 0 heterocycles. The van der Waals surface area contributed by atoms with Crippen LogP contribution in [0.2, 0.25) is 0 Å². The number of hydrogen-bond donors (Lipinski definition) is 1. The lowest BCUT2D eigenvalue weighted by Gasteiger charge is -2.18. The second-order valence-corrected chi connectivity index (χ2v) is 4.39. The highest BCUT2D eigenvalue weighted by Gasteiger charge is 2.16. The zero-order chi connectivity index (χ0) is 13.5. The molecule has 0 aliphatic heterocycles. The van der Waals surface area contributed by atoms with Crippen LogP contribution in [0.5, 0.6) is 5.75 Å². The number of anilines is 1. The fourth-order valence-electron chi connectivity index (χ4n) is 1.80. The van der Waals surface area contributed by atoms with Gasteiger partial charge in [-0.05, 0) is 24.6 Å². The second-order valence-electron chi connectivity index (χ2n) is 4.39.